The SMILES string of the molecule is C[N+]1(CC(O)COc2cccc3c2CCC(=O)N3)CCC(c2ccccc2F)CC1.[I-]. The minimum Gasteiger partial charge on any atom is -1.00 e. The standard InChI is InChI=1S/C24H29FN2O3.HI/c1-27(13-11-17(12-14-27)19-5-2-3-6-21(19)25)15-18(28)16-30-23-8-4-7-22-20(23)9-10-24(29)26-22;/h2-8,17-18,28H,9-16H2,1H3;1H. The predicted octanol–water partition coefficient (Wildman–Crippen LogP) is 0.478. The molecule has 0 aromatic heterocycles. The number of likely N-dealkylation sites (N-methyl/N-ethyl adjacent to an activating group) is 1. The van der Waals surface area contributed by atoms with Crippen molar-refractivity contribution in [1.29, 1.82) is 0 Å². The smallest absolute Gasteiger partial charge is 0.224 e. The van der Waals surface area contributed by atoms with Gasteiger partial charge in [0.25, 0.3) is 0 Å². The van der Waals surface area contributed by atoms with Gasteiger partial charge in [0.05, 0.1) is 20.1 Å². The zero-order valence-corrected chi connectivity index (χ0v) is 20.0. The summed E-state index contributed by atoms with van der Waals surface area (Å²) in [6.45, 7) is 2.64. The van der Waals surface area contributed by atoms with Crippen molar-refractivity contribution in [3.63, 3.8) is 0 Å². The molecule has 1 saturated heterocycles. The molecule has 0 bridgehead atoms. The molecule has 4 rings (SSSR count). The number of aliphatic hydroxyl groups is 1. The van der Waals surface area contributed by atoms with Crippen LogP contribution >= 0.6 is 0 Å². The number of nitrogens with zero attached hydrogens (tertiary/aromatic N) is 1. The van der Waals surface area contributed by atoms with Gasteiger partial charge >= 0.3 is 0 Å². The maximum atomic E-state index is 14.1. The summed E-state index contributed by atoms with van der Waals surface area (Å²) < 4.78 is 20.8. The fraction of sp³-hybridized carbons (Fsp3) is 0.458. The molecule has 1 fully saturated rings. The van der Waals surface area contributed by atoms with Crippen LogP contribution in [0.2, 0.25) is 0 Å². The number of hydrogen-bond acceptors (Lipinski definition) is 3. The van der Waals surface area contributed by atoms with E-state index in [0.717, 1.165) is 53.0 Å². The Bertz CT molecular complexity index is 915. The van der Waals surface area contributed by atoms with E-state index in [1.54, 1.807) is 6.07 Å². The fourth-order valence-corrected chi connectivity index (χ4v) is 4.77. The third kappa shape index (κ3) is 5.75. The Hall–Kier alpha value is -1.71. The molecule has 2 aliphatic rings. The lowest BCUT2D eigenvalue weighted by molar-refractivity contribution is -0.917. The Balaban J connectivity index is 0.00000272. The van der Waals surface area contributed by atoms with Crippen molar-refractivity contribution in [3.8, 4) is 5.75 Å². The summed E-state index contributed by atoms with van der Waals surface area (Å²) in [7, 11) is 2.15. The molecule has 1 amide bonds. The first kappa shape index (κ1) is 23.9. The topological polar surface area (TPSA) is 58.6 Å². The van der Waals surface area contributed by atoms with Crippen LogP contribution in [0.5, 0.6) is 5.75 Å². The maximum absolute atomic E-state index is 14.1. The number of carbonyl (C=O) groups excluding carboxylic acids is 1. The molecule has 0 aliphatic carbocycles. The van der Waals surface area contributed by atoms with Crippen LogP contribution in [0.4, 0.5) is 10.1 Å². The van der Waals surface area contributed by atoms with Gasteiger partial charge in [0.1, 0.15) is 30.8 Å². The van der Waals surface area contributed by atoms with Crippen molar-refractivity contribution < 1.29 is 47.5 Å². The minimum atomic E-state index is -0.589. The Morgan fingerprint density at radius 2 is 1.90 bits per heavy atom. The highest BCUT2D eigenvalue weighted by Gasteiger charge is 2.33. The van der Waals surface area contributed by atoms with Gasteiger partial charge in [-0.3, -0.25) is 4.79 Å². The number of fused-ring (bicyclic) bond motifs is 1. The number of quaternary nitrogens is 1. The predicted molar refractivity (Wildman–Crippen MR) is 114 cm³/mol. The first-order valence-electron chi connectivity index (χ1n) is 10.7. The number of carbonyl (C=O) groups is 1. The lowest BCUT2D eigenvalue weighted by atomic mass is 9.88. The summed E-state index contributed by atoms with van der Waals surface area (Å²) in [6, 6.07) is 12.7. The summed E-state index contributed by atoms with van der Waals surface area (Å²) in [6.07, 6.45) is 2.34. The number of halogens is 2. The molecule has 2 aromatic carbocycles. The lowest BCUT2D eigenvalue weighted by Crippen LogP contribution is -3.00. The van der Waals surface area contributed by atoms with Gasteiger partial charge in [0.2, 0.25) is 5.91 Å². The summed E-state index contributed by atoms with van der Waals surface area (Å²) in [5.41, 5.74) is 2.61. The number of aliphatic hydroxyl groups excluding tert-OH is 1. The number of ether oxygens (including phenoxy) is 1. The van der Waals surface area contributed by atoms with Crippen molar-refractivity contribution in [2.75, 3.05) is 38.6 Å². The molecule has 1 atom stereocenters. The molecule has 5 nitrogen and oxygen atoms in total. The number of likely N-dealkylation sites (tertiary alicyclic amines) is 1. The van der Waals surface area contributed by atoms with E-state index in [2.05, 4.69) is 12.4 Å². The zero-order chi connectivity index (χ0) is 21.1. The monoisotopic (exact) mass is 540 g/mol. The molecule has 0 spiro atoms. The van der Waals surface area contributed by atoms with Gasteiger partial charge in [0.15, 0.2) is 0 Å². The van der Waals surface area contributed by atoms with Crippen molar-refractivity contribution in [2.24, 2.45) is 0 Å². The number of benzene rings is 2. The van der Waals surface area contributed by atoms with Crippen LogP contribution in [0.1, 0.15) is 36.3 Å². The highest BCUT2D eigenvalue weighted by Crippen LogP contribution is 2.33. The summed E-state index contributed by atoms with van der Waals surface area (Å²) in [5, 5.41) is 13.5. The third-order valence-corrected chi connectivity index (χ3v) is 6.47. The number of hydrogen-bond donors (Lipinski definition) is 2. The number of amides is 1. The first-order valence-corrected chi connectivity index (χ1v) is 10.7. The number of rotatable bonds is 6. The molecule has 2 aliphatic heterocycles. The van der Waals surface area contributed by atoms with Gasteiger partial charge in [-0.2, -0.15) is 0 Å². The summed E-state index contributed by atoms with van der Waals surface area (Å²) in [4.78, 5) is 11.6. The highest BCUT2D eigenvalue weighted by molar-refractivity contribution is 5.94. The molecule has 0 radical (unpaired) electrons. The van der Waals surface area contributed by atoms with Crippen molar-refractivity contribution >= 4 is 11.6 Å². The second-order valence-corrected chi connectivity index (χ2v) is 8.84. The largest absolute Gasteiger partial charge is 1.00 e. The molecule has 2 heterocycles. The normalized spacial score (nSPS) is 23.8. The van der Waals surface area contributed by atoms with Gasteiger partial charge in [-0.15, -0.1) is 0 Å². The Morgan fingerprint density at radius 1 is 1.16 bits per heavy atom. The van der Waals surface area contributed by atoms with E-state index in [0.29, 0.717) is 19.4 Å². The highest BCUT2D eigenvalue weighted by atomic mass is 127. The van der Waals surface area contributed by atoms with E-state index in [4.69, 9.17) is 4.74 Å². The third-order valence-electron chi connectivity index (χ3n) is 6.47. The van der Waals surface area contributed by atoms with Crippen LogP contribution in [0.3, 0.4) is 0 Å². The summed E-state index contributed by atoms with van der Waals surface area (Å²) in [5.74, 6) is 0.884. The molecule has 168 valence electrons. The van der Waals surface area contributed by atoms with Gasteiger partial charge in [-0.05, 0) is 36.1 Å². The van der Waals surface area contributed by atoms with Crippen LogP contribution in [-0.4, -0.2) is 54.9 Å². The average Bonchev–Trinajstić information content (AvgIpc) is 2.73. The van der Waals surface area contributed by atoms with Crippen LogP contribution in [0.25, 0.3) is 0 Å². The second-order valence-electron chi connectivity index (χ2n) is 8.84. The Morgan fingerprint density at radius 3 is 2.65 bits per heavy atom. The Kier molecular flexibility index (Phi) is 7.93. The molecule has 7 heteroatoms. The summed E-state index contributed by atoms with van der Waals surface area (Å²) >= 11 is 0. The molecule has 2 N–H and O–H groups in total. The van der Waals surface area contributed by atoms with E-state index in [1.165, 1.54) is 6.07 Å². The number of anilines is 1. The molecular weight excluding hydrogens is 510 g/mol. The molecular formula is C24H30FIN2O3. The molecule has 31 heavy (non-hydrogen) atoms. The maximum Gasteiger partial charge on any atom is 0.224 e. The van der Waals surface area contributed by atoms with E-state index in [1.807, 2.05) is 30.3 Å². The second kappa shape index (κ2) is 10.3. The molecule has 1 unspecified atom stereocenters. The van der Waals surface area contributed by atoms with E-state index < -0.39 is 6.10 Å². The van der Waals surface area contributed by atoms with Crippen LogP contribution in [0.15, 0.2) is 42.5 Å². The van der Waals surface area contributed by atoms with Crippen molar-refractivity contribution in [1.82, 2.24) is 0 Å². The van der Waals surface area contributed by atoms with Gasteiger partial charge in [-0.25, -0.2) is 4.39 Å². The lowest BCUT2D eigenvalue weighted by Gasteiger charge is -2.41. The molecule has 2 aromatic rings. The quantitative estimate of drug-likeness (QED) is 0.414. The van der Waals surface area contributed by atoms with Crippen molar-refractivity contribution in [2.45, 2.75) is 37.7 Å². The van der Waals surface area contributed by atoms with Gasteiger partial charge in [0, 0.05) is 30.5 Å². The number of piperidine rings is 1. The van der Waals surface area contributed by atoms with E-state index in [9.17, 15) is 14.3 Å². The fourth-order valence-electron chi connectivity index (χ4n) is 4.77. The van der Waals surface area contributed by atoms with Crippen LogP contribution in [-0.2, 0) is 11.2 Å². The van der Waals surface area contributed by atoms with Crippen LogP contribution < -0.4 is 34.0 Å². The zero-order valence-electron chi connectivity index (χ0n) is 17.8. The van der Waals surface area contributed by atoms with Crippen LogP contribution in [0, 0.1) is 5.82 Å². The molecule has 0 saturated carbocycles. The van der Waals surface area contributed by atoms with Gasteiger partial charge in [-0.1, -0.05) is 24.3 Å². The van der Waals surface area contributed by atoms with Crippen molar-refractivity contribution in [3.05, 3.63) is 59.4 Å². The minimum absolute atomic E-state index is 0. The van der Waals surface area contributed by atoms with E-state index >= 15 is 0 Å². The van der Waals surface area contributed by atoms with E-state index in [-0.39, 0.29) is 48.2 Å². The number of nitrogens with one attached hydrogen (secondary N) is 1. The average molecular weight is 540 g/mol. The van der Waals surface area contributed by atoms with Gasteiger partial charge < -0.3 is 43.6 Å². The first-order chi connectivity index (χ1) is 14.4. The Labute approximate surface area is 200 Å².